The third kappa shape index (κ3) is 13.1. The fourth-order valence-electron chi connectivity index (χ4n) is 2.70. The van der Waals surface area contributed by atoms with E-state index >= 15 is 0 Å². The molecule has 0 aromatic carbocycles. The van der Waals surface area contributed by atoms with E-state index in [0.717, 1.165) is 12.8 Å². The van der Waals surface area contributed by atoms with Gasteiger partial charge in [-0.1, -0.05) is 12.8 Å². The summed E-state index contributed by atoms with van der Waals surface area (Å²) in [5, 5.41) is 49.9. The zero-order chi connectivity index (χ0) is 21.9. The summed E-state index contributed by atoms with van der Waals surface area (Å²) in [6.07, 6.45) is 5.96. The van der Waals surface area contributed by atoms with Crippen LogP contribution in [0.25, 0.3) is 0 Å². The summed E-state index contributed by atoms with van der Waals surface area (Å²) in [4.78, 5) is 23.6. The summed E-state index contributed by atoms with van der Waals surface area (Å²) < 4.78 is 0. The third-order valence-electron chi connectivity index (χ3n) is 4.24. The van der Waals surface area contributed by atoms with Gasteiger partial charge in [-0.05, 0) is 44.9 Å². The van der Waals surface area contributed by atoms with E-state index in [1.165, 1.54) is 5.01 Å². The van der Waals surface area contributed by atoms with Crippen molar-refractivity contribution < 1.29 is 35.1 Å². The van der Waals surface area contributed by atoms with Crippen molar-refractivity contribution in [3.8, 4) is 0 Å². The molecule has 0 atom stereocenters. The number of hydrogen-bond donors (Lipinski definition) is 7. The van der Waals surface area contributed by atoms with Crippen LogP contribution in [0, 0.1) is 0 Å². The Hall–Kier alpha value is -1.88. The molecule has 0 saturated heterocycles. The Morgan fingerprint density at radius 3 is 1.72 bits per heavy atom. The largest absolute Gasteiger partial charge is 0.477 e. The second-order valence-corrected chi connectivity index (χ2v) is 6.67. The standard InChI is InChI=1S/C19H37N3O7/c23-13-7-2-1-6-12-22(21-11-5-9-15-25)17(19(28)29)16(18(26)27)20-10-4-3-8-14-24/h20-21,23-25H,1-15H2,(H,26,27)(H,28,29)/b17-16-. The number of carboxylic acid groups (broad SMARTS) is 2. The Morgan fingerprint density at radius 2 is 1.17 bits per heavy atom. The van der Waals surface area contributed by atoms with E-state index in [9.17, 15) is 19.8 Å². The molecule has 0 aliphatic heterocycles. The van der Waals surface area contributed by atoms with Crippen LogP contribution in [0.1, 0.15) is 57.8 Å². The Bertz CT molecular complexity index is 486. The predicted molar refractivity (Wildman–Crippen MR) is 108 cm³/mol. The number of aliphatic hydroxyl groups excluding tert-OH is 3. The molecule has 0 saturated carbocycles. The number of carbonyl (C=O) groups is 2. The summed E-state index contributed by atoms with van der Waals surface area (Å²) >= 11 is 0. The van der Waals surface area contributed by atoms with Gasteiger partial charge in [0.05, 0.1) is 0 Å². The van der Waals surface area contributed by atoms with E-state index in [1.54, 1.807) is 0 Å². The van der Waals surface area contributed by atoms with Crippen LogP contribution in [-0.4, -0.2) is 81.9 Å². The number of nitrogens with one attached hydrogen (secondary N) is 2. The lowest BCUT2D eigenvalue weighted by molar-refractivity contribution is -0.138. The number of hydrazine groups is 1. The van der Waals surface area contributed by atoms with Crippen LogP contribution in [-0.2, 0) is 9.59 Å². The molecule has 0 unspecified atom stereocenters. The number of nitrogens with zero attached hydrogens (tertiary/aromatic N) is 1. The highest BCUT2D eigenvalue weighted by Gasteiger charge is 2.26. The van der Waals surface area contributed by atoms with Gasteiger partial charge < -0.3 is 30.8 Å². The van der Waals surface area contributed by atoms with E-state index in [2.05, 4.69) is 10.7 Å². The molecule has 170 valence electrons. The van der Waals surface area contributed by atoms with Crippen LogP contribution in [0.15, 0.2) is 11.4 Å². The van der Waals surface area contributed by atoms with Gasteiger partial charge in [-0.2, -0.15) is 0 Å². The number of carboxylic acids is 2. The quantitative estimate of drug-likeness (QED) is 0.0827. The van der Waals surface area contributed by atoms with Gasteiger partial charge in [0.2, 0.25) is 0 Å². The second-order valence-electron chi connectivity index (χ2n) is 6.67. The van der Waals surface area contributed by atoms with E-state index in [1.807, 2.05) is 0 Å². The van der Waals surface area contributed by atoms with Crippen LogP contribution in [0.3, 0.4) is 0 Å². The van der Waals surface area contributed by atoms with Crippen molar-refractivity contribution in [2.75, 3.05) is 39.5 Å². The van der Waals surface area contributed by atoms with Crippen LogP contribution >= 0.6 is 0 Å². The predicted octanol–water partition coefficient (Wildman–Crippen LogP) is 0.251. The monoisotopic (exact) mass is 419 g/mol. The molecule has 10 heteroatoms. The molecule has 0 spiro atoms. The normalized spacial score (nSPS) is 11.8. The fraction of sp³-hybridized carbons (Fsp3) is 0.789. The summed E-state index contributed by atoms with van der Waals surface area (Å²) in [5.74, 6) is -2.71. The zero-order valence-corrected chi connectivity index (χ0v) is 17.1. The number of aliphatic hydroxyl groups is 3. The van der Waals surface area contributed by atoms with Crippen LogP contribution in [0.5, 0.6) is 0 Å². The summed E-state index contributed by atoms with van der Waals surface area (Å²) in [5.41, 5.74) is 2.23. The topological polar surface area (TPSA) is 163 Å². The second kappa shape index (κ2) is 18.2. The molecule has 10 nitrogen and oxygen atoms in total. The van der Waals surface area contributed by atoms with E-state index in [4.69, 9.17) is 15.3 Å². The third-order valence-corrected chi connectivity index (χ3v) is 4.24. The number of rotatable bonds is 20. The minimum atomic E-state index is -1.35. The highest BCUT2D eigenvalue weighted by atomic mass is 16.4. The molecule has 0 aromatic heterocycles. The first-order valence-corrected chi connectivity index (χ1v) is 10.3. The molecular formula is C19H37N3O7. The minimum Gasteiger partial charge on any atom is -0.477 e. The van der Waals surface area contributed by atoms with Crippen molar-refractivity contribution in [2.24, 2.45) is 0 Å². The average Bonchev–Trinajstić information content (AvgIpc) is 2.68. The molecule has 0 aliphatic carbocycles. The summed E-state index contributed by atoms with van der Waals surface area (Å²) in [6, 6.07) is 0. The van der Waals surface area contributed by atoms with Crippen molar-refractivity contribution in [3.63, 3.8) is 0 Å². The zero-order valence-electron chi connectivity index (χ0n) is 17.1. The van der Waals surface area contributed by atoms with Gasteiger partial charge in [0.25, 0.3) is 0 Å². The molecule has 7 N–H and O–H groups in total. The molecule has 0 radical (unpaired) electrons. The lowest BCUT2D eigenvalue weighted by atomic mass is 10.2. The van der Waals surface area contributed by atoms with Gasteiger partial charge in [-0.15, -0.1) is 0 Å². The minimum absolute atomic E-state index is 0.0280. The van der Waals surface area contributed by atoms with Gasteiger partial charge >= 0.3 is 11.9 Å². The highest BCUT2D eigenvalue weighted by molar-refractivity contribution is 5.97. The van der Waals surface area contributed by atoms with Gasteiger partial charge in [-0.3, -0.25) is 5.01 Å². The van der Waals surface area contributed by atoms with Crippen molar-refractivity contribution in [3.05, 3.63) is 11.4 Å². The molecule has 0 rings (SSSR count). The van der Waals surface area contributed by atoms with E-state index < -0.39 is 11.9 Å². The van der Waals surface area contributed by atoms with Gasteiger partial charge in [0.1, 0.15) is 0 Å². The Morgan fingerprint density at radius 1 is 0.655 bits per heavy atom. The first kappa shape index (κ1) is 27.1. The molecule has 0 heterocycles. The summed E-state index contributed by atoms with van der Waals surface area (Å²) in [6.45, 7) is 1.18. The highest BCUT2D eigenvalue weighted by Crippen LogP contribution is 2.12. The van der Waals surface area contributed by atoms with Crippen LogP contribution in [0.4, 0.5) is 0 Å². The van der Waals surface area contributed by atoms with E-state index in [0.29, 0.717) is 58.0 Å². The van der Waals surface area contributed by atoms with Gasteiger partial charge in [0, 0.05) is 39.5 Å². The molecule has 29 heavy (non-hydrogen) atoms. The van der Waals surface area contributed by atoms with Crippen molar-refractivity contribution in [2.45, 2.75) is 57.8 Å². The van der Waals surface area contributed by atoms with Crippen molar-refractivity contribution in [1.82, 2.24) is 15.8 Å². The first-order valence-electron chi connectivity index (χ1n) is 10.3. The SMILES string of the molecule is O=C(O)/C(NCCCCCO)=C(\C(=O)O)N(CCCCCCO)NCCCCO. The maximum Gasteiger partial charge on any atom is 0.356 e. The average molecular weight is 420 g/mol. The molecule has 0 amide bonds. The van der Waals surface area contributed by atoms with Crippen molar-refractivity contribution >= 4 is 11.9 Å². The molecule has 0 aliphatic rings. The molecular weight excluding hydrogens is 382 g/mol. The molecule has 0 aromatic rings. The lowest BCUT2D eigenvalue weighted by Crippen LogP contribution is -2.44. The molecule has 0 bridgehead atoms. The smallest absolute Gasteiger partial charge is 0.356 e. The van der Waals surface area contributed by atoms with Crippen molar-refractivity contribution in [1.29, 1.82) is 0 Å². The maximum atomic E-state index is 11.9. The Labute approximate surface area is 172 Å². The fourth-order valence-corrected chi connectivity index (χ4v) is 2.70. The molecule has 0 fully saturated rings. The first-order chi connectivity index (χ1) is 14.0. The maximum absolute atomic E-state index is 11.9. The number of hydrogen-bond acceptors (Lipinski definition) is 8. The Balaban J connectivity index is 5.27. The lowest BCUT2D eigenvalue weighted by Gasteiger charge is -2.27. The van der Waals surface area contributed by atoms with E-state index in [-0.39, 0.29) is 37.8 Å². The van der Waals surface area contributed by atoms with Gasteiger partial charge in [-0.25, -0.2) is 15.0 Å². The number of aliphatic carboxylic acids is 2. The number of unbranched alkanes of at least 4 members (excludes halogenated alkanes) is 6. The Kier molecular flexibility index (Phi) is 17.0. The summed E-state index contributed by atoms with van der Waals surface area (Å²) in [7, 11) is 0. The van der Waals surface area contributed by atoms with Crippen LogP contribution in [0.2, 0.25) is 0 Å². The van der Waals surface area contributed by atoms with Crippen LogP contribution < -0.4 is 10.7 Å². The van der Waals surface area contributed by atoms with Gasteiger partial charge in [0.15, 0.2) is 11.4 Å².